The highest BCUT2D eigenvalue weighted by molar-refractivity contribution is 5.67. The summed E-state index contributed by atoms with van der Waals surface area (Å²) in [7, 11) is 0. The highest BCUT2D eigenvalue weighted by Crippen LogP contribution is 2.20. The third kappa shape index (κ3) is 5.03. The number of aryl methyl sites for hydroxylation is 3. The Morgan fingerprint density at radius 1 is 1.16 bits per heavy atom. The first-order chi connectivity index (χ1) is 8.71. The minimum absolute atomic E-state index is 0.186. The number of hydrogen-bond donors (Lipinski definition) is 2. The molecule has 0 atom stereocenters. The largest absolute Gasteiger partial charge is 0.481 e. The monoisotopic (exact) mass is 263 g/mol. The molecule has 0 aromatic heterocycles. The summed E-state index contributed by atoms with van der Waals surface area (Å²) in [5.74, 6) is -0.742. The maximum absolute atomic E-state index is 10.8. The number of carboxylic acids is 1. The van der Waals surface area contributed by atoms with Crippen LogP contribution in [0.2, 0.25) is 0 Å². The topological polar surface area (TPSA) is 49.3 Å². The molecule has 106 valence electrons. The van der Waals surface area contributed by atoms with Crippen LogP contribution < -0.4 is 5.32 Å². The van der Waals surface area contributed by atoms with Gasteiger partial charge in [-0.25, -0.2) is 0 Å². The molecule has 0 saturated carbocycles. The first-order valence-electron chi connectivity index (χ1n) is 6.70. The SMILES string of the molecule is Cc1cc(C)c(CNCC(C)(C)CC(=O)O)cc1C. The molecule has 19 heavy (non-hydrogen) atoms. The fraction of sp³-hybridized carbons (Fsp3) is 0.562. The molecule has 0 unspecified atom stereocenters. The van der Waals surface area contributed by atoms with Crippen LogP contribution in [-0.4, -0.2) is 17.6 Å². The fourth-order valence-electron chi connectivity index (χ4n) is 2.22. The smallest absolute Gasteiger partial charge is 0.303 e. The Balaban J connectivity index is 2.58. The Labute approximate surface area is 116 Å². The van der Waals surface area contributed by atoms with Crippen LogP contribution in [-0.2, 0) is 11.3 Å². The number of nitrogens with one attached hydrogen (secondary N) is 1. The molecule has 3 heteroatoms. The van der Waals surface area contributed by atoms with E-state index in [-0.39, 0.29) is 11.8 Å². The van der Waals surface area contributed by atoms with E-state index in [1.807, 2.05) is 13.8 Å². The van der Waals surface area contributed by atoms with Crippen LogP contribution in [0.1, 0.15) is 42.5 Å². The van der Waals surface area contributed by atoms with Gasteiger partial charge in [0.25, 0.3) is 0 Å². The van der Waals surface area contributed by atoms with Crippen molar-refractivity contribution in [1.29, 1.82) is 0 Å². The van der Waals surface area contributed by atoms with Crippen molar-refractivity contribution >= 4 is 5.97 Å². The van der Waals surface area contributed by atoms with E-state index in [9.17, 15) is 4.79 Å². The lowest BCUT2D eigenvalue weighted by Gasteiger charge is -2.23. The van der Waals surface area contributed by atoms with Crippen molar-refractivity contribution in [3.63, 3.8) is 0 Å². The van der Waals surface area contributed by atoms with E-state index in [1.54, 1.807) is 0 Å². The molecule has 0 spiro atoms. The zero-order chi connectivity index (χ0) is 14.6. The molecule has 0 aliphatic heterocycles. The minimum Gasteiger partial charge on any atom is -0.481 e. The third-order valence-electron chi connectivity index (χ3n) is 3.50. The molecular weight excluding hydrogens is 238 g/mol. The number of benzene rings is 1. The van der Waals surface area contributed by atoms with E-state index in [1.165, 1.54) is 22.3 Å². The van der Waals surface area contributed by atoms with Crippen molar-refractivity contribution in [2.24, 2.45) is 5.41 Å². The summed E-state index contributed by atoms with van der Waals surface area (Å²) in [5, 5.41) is 12.2. The first kappa shape index (κ1) is 15.7. The molecule has 0 aliphatic carbocycles. The van der Waals surface area contributed by atoms with Crippen LogP contribution in [0.5, 0.6) is 0 Å². The highest BCUT2D eigenvalue weighted by atomic mass is 16.4. The fourth-order valence-corrected chi connectivity index (χ4v) is 2.22. The molecule has 1 aromatic rings. The van der Waals surface area contributed by atoms with Crippen LogP contribution in [0.3, 0.4) is 0 Å². The normalized spacial score (nSPS) is 11.6. The molecule has 0 bridgehead atoms. The molecule has 2 N–H and O–H groups in total. The number of aliphatic carboxylic acids is 1. The molecule has 0 fully saturated rings. The third-order valence-corrected chi connectivity index (χ3v) is 3.50. The van der Waals surface area contributed by atoms with Gasteiger partial charge in [0.2, 0.25) is 0 Å². The lowest BCUT2D eigenvalue weighted by molar-refractivity contribution is -0.139. The quantitative estimate of drug-likeness (QED) is 0.828. The van der Waals surface area contributed by atoms with E-state index in [4.69, 9.17) is 5.11 Å². The lowest BCUT2D eigenvalue weighted by atomic mass is 9.89. The first-order valence-corrected chi connectivity index (χ1v) is 6.70. The summed E-state index contributed by atoms with van der Waals surface area (Å²) in [6, 6.07) is 4.41. The van der Waals surface area contributed by atoms with Gasteiger partial charge in [0, 0.05) is 13.1 Å². The van der Waals surface area contributed by atoms with Gasteiger partial charge in [-0.05, 0) is 48.4 Å². The molecular formula is C16H25NO2. The number of carboxylic acid groups (broad SMARTS) is 1. The van der Waals surface area contributed by atoms with Crippen molar-refractivity contribution in [3.05, 3.63) is 34.4 Å². The van der Waals surface area contributed by atoms with Crippen LogP contribution in [0.25, 0.3) is 0 Å². The second kappa shape index (κ2) is 6.20. The average molecular weight is 263 g/mol. The van der Waals surface area contributed by atoms with Gasteiger partial charge in [-0.1, -0.05) is 26.0 Å². The van der Waals surface area contributed by atoms with E-state index in [0.717, 1.165) is 6.54 Å². The molecule has 0 heterocycles. The van der Waals surface area contributed by atoms with E-state index in [0.29, 0.717) is 6.54 Å². The molecule has 0 saturated heterocycles. The zero-order valence-corrected chi connectivity index (χ0v) is 12.6. The van der Waals surface area contributed by atoms with Crippen LogP contribution in [0, 0.1) is 26.2 Å². The van der Waals surface area contributed by atoms with Gasteiger partial charge in [-0.2, -0.15) is 0 Å². The van der Waals surface area contributed by atoms with Crippen molar-refractivity contribution in [2.45, 2.75) is 47.6 Å². The summed E-state index contributed by atoms with van der Waals surface area (Å²) in [4.78, 5) is 10.8. The molecule has 1 aromatic carbocycles. The predicted octanol–water partition coefficient (Wildman–Crippen LogP) is 3.20. The Morgan fingerprint density at radius 2 is 1.74 bits per heavy atom. The highest BCUT2D eigenvalue weighted by Gasteiger charge is 2.21. The Hall–Kier alpha value is -1.35. The van der Waals surface area contributed by atoms with Crippen LogP contribution >= 0.6 is 0 Å². The van der Waals surface area contributed by atoms with Gasteiger partial charge in [0.15, 0.2) is 0 Å². The van der Waals surface area contributed by atoms with Crippen molar-refractivity contribution < 1.29 is 9.90 Å². The Kier molecular flexibility index (Phi) is 5.12. The standard InChI is InChI=1S/C16H25NO2/c1-11-6-13(3)14(7-12(11)2)9-17-10-16(4,5)8-15(18)19/h6-7,17H,8-10H2,1-5H3,(H,18,19). The molecule has 3 nitrogen and oxygen atoms in total. The summed E-state index contributed by atoms with van der Waals surface area (Å²) in [6.45, 7) is 11.8. The second-order valence-electron chi connectivity index (χ2n) is 6.20. The summed E-state index contributed by atoms with van der Waals surface area (Å²) in [5.41, 5.74) is 4.96. The number of rotatable bonds is 6. The van der Waals surface area contributed by atoms with Gasteiger partial charge in [-0.15, -0.1) is 0 Å². The summed E-state index contributed by atoms with van der Waals surface area (Å²) in [6.07, 6.45) is 0.186. The van der Waals surface area contributed by atoms with E-state index < -0.39 is 5.97 Å². The second-order valence-corrected chi connectivity index (χ2v) is 6.20. The van der Waals surface area contributed by atoms with E-state index in [2.05, 4.69) is 38.2 Å². The number of carbonyl (C=O) groups is 1. The van der Waals surface area contributed by atoms with Crippen LogP contribution in [0.15, 0.2) is 12.1 Å². The summed E-state index contributed by atoms with van der Waals surface area (Å²) < 4.78 is 0. The van der Waals surface area contributed by atoms with Crippen molar-refractivity contribution in [1.82, 2.24) is 5.32 Å². The Bertz CT molecular complexity index is 464. The van der Waals surface area contributed by atoms with Gasteiger partial charge < -0.3 is 10.4 Å². The maximum atomic E-state index is 10.8. The van der Waals surface area contributed by atoms with Gasteiger partial charge in [0.1, 0.15) is 0 Å². The summed E-state index contributed by atoms with van der Waals surface area (Å²) >= 11 is 0. The van der Waals surface area contributed by atoms with Gasteiger partial charge in [0.05, 0.1) is 6.42 Å². The van der Waals surface area contributed by atoms with Crippen molar-refractivity contribution in [2.75, 3.05) is 6.54 Å². The lowest BCUT2D eigenvalue weighted by Crippen LogP contribution is -2.31. The average Bonchev–Trinajstić information content (AvgIpc) is 2.23. The predicted molar refractivity (Wildman–Crippen MR) is 78.4 cm³/mol. The van der Waals surface area contributed by atoms with Gasteiger partial charge in [-0.3, -0.25) is 4.79 Å². The molecule has 1 rings (SSSR count). The molecule has 0 aliphatic rings. The van der Waals surface area contributed by atoms with Gasteiger partial charge >= 0.3 is 5.97 Å². The Morgan fingerprint density at radius 3 is 2.32 bits per heavy atom. The van der Waals surface area contributed by atoms with E-state index >= 15 is 0 Å². The molecule has 0 amide bonds. The zero-order valence-electron chi connectivity index (χ0n) is 12.6. The van der Waals surface area contributed by atoms with Crippen LogP contribution in [0.4, 0.5) is 0 Å². The number of hydrogen-bond acceptors (Lipinski definition) is 2. The minimum atomic E-state index is -0.742. The molecule has 0 radical (unpaired) electrons. The van der Waals surface area contributed by atoms with Crippen molar-refractivity contribution in [3.8, 4) is 0 Å². The maximum Gasteiger partial charge on any atom is 0.303 e.